The lowest BCUT2D eigenvalue weighted by Gasteiger charge is -2.22. The zero-order chi connectivity index (χ0) is 11.8. The van der Waals surface area contributed by atoms with Gasteiger partial charge in [0.2, 0.25) is 0 Å². The molecule has 3 N–H and O–H groups in total. The summed E-state index contributed by atoms with van der Waals surface area (Å²) >= 11 is 0. The summed E-state index contributed by atoms with van der Waals surface area (Å²) in [6.07, 6.45) is 9.78. The molecule has 16 heavy (non-hydrogen) atoms. The van der Waals surface area contributed by atoms with Crippen molar-refractivity contribution in [3.05, 3.63) is 0 Å². The van der Waals surface area contributed by atoms with E-state index in [0.29, 0.717) is 6.04 Å². The van der Waals surface area contributed by atoms with Crippen molar-refractivity contribution in [2.24, 2.45) is 17.6 Å². The van der Waals surface area contributed by atoms with Gasteiger partial charge in [-0.2, -0.15) is 0 Å². The van der Waals surface area contributed by atoms with Gasteiger partial charge in [0.1, 0.15) is 0 Å². The molecule has 1 aliphatic carbocycles. The fourth-order valence-corrected chi connectivity index (χ4v) is 2.76. The number of hydrogen-bond acceptors (Lipinski definition) is 2. The number of rotatable bonds is 7. The highest BCUT2D eigenvalue weighted by Gasteiger charge is 2.12. The molecule has 0 aliphatic heterocycles. The Hall–Kier alpha value is -0.0800. The van der Waals surface area contributed by atoms with Crippen LogP contribution in [-0.4, -0.2) is 19.1 Å². The fourth-order valence-electron chi connectivity index (χ4n) is 2.76. The topological polar surface area (TPSA) is 38.0 Å². The van der Waals surface area contributed by atoms with Gasteiger partial charge >= 0.3 is 0 Å². The second-order valence-corrected chi connectivity index (χ2v) is 5.89. The zero-order valence-corrected chi connectivity index (χ0v) is 11.2. The molecule has 2 nitrogen and oxygen atoms in total. The first-order valence-corrected chi connectivity index (χ1v) is 7.14. The van der Waals surface area contributed by atoms with Crippen molar-refractivity contribution in [3.8, 4) is 0 Å². The van der Waals surface area contributed by atoms with E-state index in [4.69, 9.17) is 5.73 Å². The van der Waals surface area contributed by atoms with E-state index in [1.807, 2.05) is 0 Å². The van der Waals surface area contributed by atoms with Crippen molar-refractivity contribution in [2.75, 3.05) is 13.1 Å². The van der Waals surface area contributed by atoms with E-state index >= 15 is 0 Å². The van der Waals surface area contributed by atoms with Crippen LogP contribution in [0.15, 0.2) is 0 Å². The van der Waals surface area contributed by atoms with Crippen molar-refractivity contribution in [1.82, 2.24) is 5.32 Å². The highest BCUT2D eigenvalue weighted by Crippen LogP contribution is 2.25. The molecule has 1 atom stereocenters. The normalized spacial score (nSPS) is 20.2. The second-order valence-electron chi connectivity index (χ2n) is 5.89. The molecule has 96 valence electrons. The van der Waals surface area contributed by atoms with Crippen molar-refractivity contribution in [3.63, 3.8) is 0 Å². The SMILES string of the molecule is CC(C)CC(N)CNCCC1CCCCC1. The third kappa shape index (κ3) is 6.49. The summed E-state index contributed by atoms with van der Waals surface area (Å²) in [6, 6.07) is 0.339. The first-order valence-electron chi connectivity index (χ1n) is 7.14. The largest absolute Gasteiger partial charge is 0.327 e. The lowest BCUT2D eigenvalue weighted by atomic mass is 9.87. The minimum Gasteiger partial charge on any atom is -0.327 e. The predicted molar refractivity (Wildman–Crippen MR) is 71.5 cm³/mol. The molecule has 0 aromatic rings. The number of nitrogens with one attached hydrogen (secondary N) is 1. The molecule has 0 bridgehead atoms. The van der Waals surface area contributed by atoms with Gasteiger partial charge in [-0.15, -0.1) is 0 Å². The van der Waals surface area contributed by atoms with Gasteiger partial charge < -0.3 is 11.1 Å². The van der Waals surface area contributed by atoms with Crippen molar-refractivity contribution >= 4 is 0 Å². The molecule has 0 amide bonds. The molecule has 1 fully saturated rings. The Morgan fingerprint density at radius 3 is 2.50 bits per heavy atom. The minimum absolute atomic E-state index is 0.339. The highest BCUT2D eigenvalue weighted by molar-refractivity contribution is 4.69. The average Bonchev–Trinajstić information content (AvgIpc) is 2.25. The second kappa shape index (κ2) is 8.08. The summed E-state index contributed by atoms with van der Waals surface area (Å²) < 4.78 is 0. The Kier molecular flexibility index (Phi) is 7.06. The van der Waals surface area contributed by atoms with Crippen LogP contribution in [0.5, 0.6) is 0 Å². The number of nitrogens with two attached hydrogens (primary N) is 1. The summed E-state index contributed by atoms with van der Waals surface area (Å²) in [4.78, 5) is 0. The summed E-state index contributed by atoms with van der Waals surface area (Å²) in [5, 5.41) is 3.51. The highest BCUT2D eigenvalue weighted by atomic mass is 14.9. The smallest absolute Gasteiger partial charge is 0.0167 e. The molecular weight excluding hydrogens is 196 g/mol. The third-order valence-electron chi connectivity index (χ3n) is 3.63. The van der Waals surface area contributed by atoms with E-state index in [9.17, 15) is 0 Å². The van der Waals surface area contributed by atoms with Crippen LogP contribution in [0.3, 0.4) is 0 Å². The van der Waals surface area contributed by atoms with Gasteiger partial charge in [0, 0.05) is 12.6 Å². The molecular formula is C14H30N2. The van der Waals surface area contributed by atoms with Gasteiger partial charge in [0.25, 0.3) is 0 Å². The van der Waals surface area contributed by atoms with Gasteiger partial charge in [0.15, 0.2) is 0 Å². The lowest BCUT2D eigenvalue weighted by molar-refractivity contribution is 0.331. The van der Waals surface area contributed by atoms with Crippen molar-refractivity contribution < 1.29 is 0 Å². The molecule has 0 heterocycles. The maximum absolute atomic E-state index is 6.03. The Bertz CT molecular complexity index is 162. The van der Waals surface area contributed by atoms with Gasteiger partial charge in [0.05, 0.1) is 0 Å². The van der Waals surface area contributed by atoms with Crippen LogP contribution < -0.4 is 11.1 Å². The maximum atomic E-state index is 6.03. The zero-order valence-electron chi connectivity index (χ0n) is 11.2. The molecule has 2 heteroatoms. The van der Waals surface area contributed by atoms with E-state index in [1.54, 1.807) is 0 Å². The molecule has 1 rings (SSSR count). The van der Waals surface area contributed by atoms with Crippen LogP contribution in [0.25, 0.3) is 0 Å². The van der Waals surface area contributed by atoms with E-state index in [0.717, 1.165) is 31.3 Å². The van der Waals surface area contributed by atoms with Gasteiger partial charge in [-0.25, -0.2) is 0 Å². The molecule has 0 radical (unpaired) electrons. The van der Waals surface area contributed by atoms with Crippen LogP contribution in [-0.2, 0) is 0 Å². The van der Waals surface area contributed by atoms with E-state index in [2.05, 4.69) is 19.2 Å². The van der Waals surface area contributed by atoms with Crippen LogP contribution in [0.2, 0.25) is 0 Å². The summed E-state index contributed by atoms with van der Waals surface area (Å²) in [7, 11) is 0. The predicted octanol–water partition coefficient (Wildman–Crippen LogP) is 2.92. The molecule has 1 aliphatic rings. The van der Waals surface area contributed by atoms with Crippen LogP contribution in [0, 0.1) is 11.8 Å². The molecule has 0 saturated heterocycles. The Labute approximate surface area is 101 Å². The maximum Gasteiger partial charge on any atom is 0.0167 e. The third-order valence-corrected chi connectivity index (χ3v) is 3.63. The fraction of sp³-hybridized carbons (Fsp3) is 1.00. The first-order chi connectivity index (χ1) is 7.68. The first kappa shape index (κ1) is 14.0. The molecule has 1 unspecified atom stereocenters. The van der Waals surface area contributed by atoms with Crippen molar-refractivity contribution in [1.29, 1.82) is 0 Å². The number of hydrogen-bond donors (Lipinski definition) is 2. The summed E-state index contributed by atoms with van der Waals surface area (Å²) in [5.41, 5.74) is 6.03. The monoisotopic (exact) mass is 226 g/mol. The van der Waals surface area contributed by atoms with Gasteiger partial charge in [-0.05, 0) is 31.2 Å². The van der Waals surface area contributed by atoms with Crippen LogP contribution in [0.4, 0.5) is 0 Å². The van der Waals surface area contributed by atoms with Crippen LogP contribution in [0.1, 0.15) is 58.8 Å². The minimum atomic E-state index is 0.339. The molecule has 0 aromatic carbocycles. The van der Waals surface area contributed by atoms with Gasteiger partial charge in [-0.1, -0.05) is 46.0 Å². The van der Waals surface area contributed by atoms with Crippen LogP contribution >= 0.6 is 0 Å². The van der Waals surface area contributed by atoms with Crippen molar-refractivity contribution in [2.45, 2.75) is 64.8 Å². The molecule has 1 saturated carbocycles. The Morgan fingerprint density at radius 1 is 1.19 bits per heavy atom. The van der Waals surface area contributed by atoms with Gasteiger partial charge in [-0.3, -0.25) is 0 Å². The average molecular weight is 226 g/mol. The Balaban J connectivity index is 1.94. The lowest BCUT2D eigenvalue weighted by Crippen LogP contribution is -2.35. The quantitative estimate of drug-likeness (QED) is 0.655. The van der Waals surface area contributed by atoms with E-state index in [1.165, 1.54) is 38.5 Å². The molecule has 0 aromatic heterocycles. The van der Waals surface area contributed by atoms with E-state index in [-0.39, 0.29) is 0 Å². The summed E-state index contributed by atoms with van der Waals surface area (Å²) in [5.74, 6) is 1.71. The standard InChI is InChI=1S/C14H30N2/c1-12(2)10-14(15)11-16-9-8-13-6-4-3-5-7-13/h12-14,16H,3-11,15H2,1-2H3. The summed E-state index contributed by atoms with van der Waals surface area (Å²) in [6.45, 7) is 6.63. The Morgan fingerprint density at radius 2 is 1.88 bits per heavy atom. The molecule has 0 spiro atoms. The van der Waals surface area contributed by atoms with E-state index < -0.39 is 0 Å².